The molecule has 0 spiro atoms. The highest BCUT2D eigenvalue weighted by molar-refractivity contribution is 7.21. The maximum absolute atomic E-state index is 13.7. The Morgan fingerprint density at radius 2 is 1.62 bits per heavy atom. The van der Waals surface area contributed by atoms with Gasteiger partial charge < -0.3 is 19.4 Å². The van der Waals surface area contributed by atoms with Crippen LogP contribution >= 0.6 is 11.3 Å². The van der Waals surface area contributed by atoms with E-state index < -0.39 is 0 Å². The number of piperazine rings is 1. The van der Waals surface area contributed by atoms with Crippen LogP contribution in [0, 0.1) is 0 Å². The van der Waals surface area contributed by atoms with Gasteiger partial charge in [0.1, 0.15) is 6.10 Å². The molecule has 32 heavy (non-hydrogen) atoms. The van der Waals surface area contributed by atoms with Gasteiger partial charge in [0.15, 0.2) is 0 Å². The van der Waals surface area contributed by atoms with E-state index in [-0.39, 0.29) is 17.9 Å². The Morgan fingerprint density at radius 1 is 0.906 bits per heavy atom. The number of rotatable bonds is 3. The molecule has 7 heteroatoms. The zero-order chi connectivity index (χ0) is 22.1. The van der Waals surface area contributed by atoms with Crippen LogP contribution in [0.5, 0.6) is 0 Å². The van der Waals surface area contributed by atoms with Crippen LogP contribution in [0.15, 0.2) is 54.6 Å². The molecule has 3 heterocycles. The smallest absolute Gasteiger partial charge is 0.264 e. The summed E-state index contributed by atoms with van der Waals surface area (Å²) in [6, 6.07) is 18.4. The number of carbonyl (C=O) groups excluding carboxylic acids is 2. The third-order valence-corrected chi connectivity index (χ3v) is 7.52. The molecule has 3 aromatic rings. The fourth-order valence-electron chi connectivity index (χ4n) is 4.60. The highest BCUT2D eigenvalue weighted by Crippen LogP contribution is 2.39. The lowest BCUT2D eigenvalue weighted by Gasteiger charge is -2.36. The van der Waals surface area contributed by atoms with E-state index >= 15 is 0 Å². The Hall–Kier alpha value is -2.90. The Bertz CT molecular complexity index is 1120. The van der Waals surface area contributed by atoms with Gasteiger partial charge in [-0.05, 0) is 23.6 Å². The van der Waals surface area contributed by atoms with Crippen LogP contribution in [0.2, 0.25) is 0 Å². The third-order valence-electron chi connectivity index (χ3n) is 6.35. The first kappa shape index (κ1) is 21.0. The average molecular weight is 450 g/mol. The molecule has 2 fully saturated rings. The SMILES string of the molecule is CC(=O)N1CCOC(c2c(C(=O)N3CCN(c4ccccc4)CC3)sc3ccccc23)C1. The van der Waals surface area contributed by atoms with Crippen LogP contribution in [0.3, 0.4) is 0 Å². The molecule has 166 valence electrons. The first-order valence-corrected chi connectivity index (χ1v) is 11.9. The summed E-state index contributed by atoms with van der Waals surface area (Å²) in [4.78, 5) is 32.5. The Balaban J connectivity index is 1.41. The van der Waals surface area contributed by atoms with E-state index in [1.807, 2.05) is 40.1 Å². The molecule has 0 saturated carbocycles. The molecule has 2 aromatic carbocycles. The Morgan fingerprint density at radius 3 is 2.38 bits per heavy atom. The number of fused-ring (bicyclic) bond motifs is 1. The van der Waals surface area contributed by atoms with Crippen molar-refractivity contribution in [1.29, 1.82) is 0 Å². The summed E-state index contributed by atoms with van der Waals surface area (Å²) in [5.74, 6) is 0.111. The van der Waals surface area contributed by atoms with Crippen LogP contribution in [-0.4, -0.2) is 67.5 Å². The monoisotopic (exact) mass is 449 g/mol. The number of thiophene rings is 1. The number of hydrogen-bond donors (Lipinski definition) is 0. The number of anilines is 1. The van der Waals surface area contributed by atoms with Crippen molar-refractivity contribution < 1.29 is 14.3 Å². The van der Waals surface area contributed by atoms with Crippen molar-refractivity contribution in [2.45, 2.75) is 13.0 Å². The summed E-state index contributed by atoms with van der Waals surface area (Å²) in [6.07, 6.45) is -0.284. The molecule has 1 unspecified atom stereocenters. The summed E-state index contributed by atoms with van der Waals surface area (Å²) in [6.45, 7) is 6.15. The molecule has 5 rings (SSSR count). The lowest BCUT2D eigenvalue weighted by molar-refractivity contribution is -0.136. The average Bonchev–Trinajstić information content (AvgIpc) is 3.24. The normalized spacial score (nSPS) is 19.4. The van der Waals surface area contributed by atoms with Gasteiger partial charge in [-0.2, -0.15) is 0 Å². The molecular weight excluding hydrogens is 422 g/mol. The number of nitrogens with zero attached hydrogens (tertiary/aromatic N) is 3. The first-order valence-electron chi connectivity index (χ1n) is 11.1. The zero-order valence-corrected chi connectivity index (χ0v) is 19.0. The lowest BCUT2D eigenvalue weighted by atomic mass is 10.0. The quantitative estimate of drug-likeness (QED) is 0.611. The number of para-hydroxylation sites is 1. The van der Waals surface area contributed by atoms with Gasteiger partial charge in [0.25, 0.3) is 5.91 Å². The molecule has 2 saturated heterocycles. The largest absolute Gasteiger partial charge is 0.370 e. The fraction of sp³-hybridized carbons (Fsp3) is 0.360. The van der Waals surface area contributed by atoms with Crippen molar-refractivity contribution in [3.05, 3.63) is 65.0 Å². The van der Waals surface area contributed by atoms with E-state index in [4.69, 9.17) is 4.74 Å². The predicted molar refractivity (Wildman–Crippen MR) is 127 cm³/mol. The molecule has 1 atom stereocenters. The van der Waals surface area contributed by atoms with Crippen LogP contribution < -0.4 is 4.90 Å². The molecule has 0 N–H and O–H groups in total. The fourth-order valence-corrected chi connectivity index (χ4v) is 5.83. The van der Waals surface area contributed by atoms with Crippen LogP contribution in [0.4, 0.5) is 5.69 Å². The minimum absolute atomic E-state index is 0.0442. The molecule has 0 radical (unpaired) electrons. The molecule has 0 bridgehead atoms. The molecule has 0 aliphatic carbocycles. The van der Waals surface area contributed by atoms with E-state index in [9.17, 15) is 9.59 Å². The predicted octanol–water partition coefficient (Wildman–Crippen LogP) is 3.78. The van der Waals surface area contributed by atoms with Crippen molar-refractivity contribution >= 4 is 38.9 Å². The van der Waals surface area contributed by atoms with Gasteiger partial charge in [0.05, 0.1) is 18.0 Å². The molecule has 1 aromatic heterocycles. The molecular formula is C25H27N3O3S. The van der Waals surface area contributed by atoms with Gasteiger partial charge in [0, 0.05) is 55.6 Å². The summed E-state index contributed by atoms with van der Waals surface area (Å²) < 4.78 is 7.18. The topological polar surface area (TPSA) is 53.1 Å². The van der Waals surface area contributed by atoms with Gasteiger partial charge in [-0.3, -0.25) is 9.59 Å². The van der Waals surface area contributed by atoms with Crippen molar-refractivity contribution in [3.63, 3.8) is 0 Å². The summed E-state index contributed by atoms with van der Waals surface area (Å²) in [5, 5.41) is 1.05. The van der Waals surface area contributed by atoms with Crippen molar-refractivity contribution in [2.75, 3.05) is 50.8 Å². The van der Waals surface area contributed by atoms with Crippen molar-refractivity contribution in [1.82, 2.24) is 9.80 Å². The van der Waals surface area contributed by atoms with E-state index in [0.717, 1.165) is 33.6 Å². The Kier molecular flexibility index (Phi) is 5.85. The molecule has 2 aliphatic rings. The van der Waals surface area contributed by atoms with Crippen molar-refractivity contribution in [2.24, 2.45) is 0 Å². The summed E-state index contributed by atoms with van der Waals surface area (Å²) in [5.41, 5.74) is 2.13. The first-order chi connectivity index (χ1) is 15.6. The highest BCUT2D eigenvalue weighted by Gasteiger charge is 2.33. The minimum atomic E-state index is -0.284. The molecule has 2 amide bonds. The number of amides is 2. The maximum atomic E-state index is 13.7. The van der Waals surface area contributed by atoms with Gasteiger partial charge in [-0.1, -0.05) is 36.4 Å². The van der Waals surface area contributed by atoms with E-state index in [1.165, 1.54) is 17.0 Å². The van der Waals surface area contributed by atoms with Gasteiger partial charge in [0.2, 0.25) is 5.91 Å². The standard InChI is InChI=1S/C25H27N3O3S/c1-18(29)28-15-16-31-21(17-28)23-20-9-5-6-10-22(20)32-24(23)25(30)27-13-11-26(12-14-27)19-7-3-2-4-8-19/h2-10,21H,11-17H2,1H3. The second-order valence-corrected chi connectivity index (χ2v) is 9.33. The lowest BCUT2D eigenvalue weighted by Crippen LogP contribution is -2.49. The number of carbonyl (C=O) groups is 2. The van der Waals surface area contributed by atoms with Crippen LogP contribution in [-0.2, 0) is 9.53 Å². The van der Waals surface area contributed by atoms with E-state index in [1.54, 1.807) is 6.92 Å². The van der Waals surface area contributed by atoms with Gasteiger partial charge in [-0.25, -0.2) is 0 Å². The van der Waals surface area contributed by atoms with Gasteiger partial charge >= 0.3 is 0 Å². The van der Waals surface area contributed by atoms with E-state index in [0.29, 0.717) is 32.8 Å². The third kappa shape index (κ3) is 3.98. The highest BCUT2D eigenvalue weighted by atomic mass is 32.1. The van der Waals surface area contributed by atoms with Crippen LogP contribution in [0.1, 0.15) is 28.3 Å². The zero-order valence-electron chi connectivity index (χ0n) is 18.2. The summed E-state index contributed by atoms with van der Waals surface area (Å²) >= 11 is 1.54. The second-order valence-electron chi connectivity index (χ2n) is 8.28. The minimum Gasteiger partial charge on any atom is -0.370 e. The number of benzene rings is 2. The number of hydrogen-bond acceptors (Lipinski definition) is 5. The van der Waals surface area contributed by atoms with Gasteiger partial charge in [-0.15, -0.1) is 11.3 Å². The number of ether oxygens (including phenoxy) is 1. The second kappa shape index (κ2) is 8.92. The van der Waals surface area contributed by atoms with Crippen molar-refractivity contribution in [3.8, 4) is 0 Å². The summed E-state index contributed by atoms with van der Waals surface area (Å²) in [7, 11) is 0. The van der Waals surface area contributed by atoms with Crippen LogP contribution in [0.25, 0.3) is 10.1 Å². The Labute approximate surface area is 192 Å². The molecule has 2 aliphatic heterocycles. The maximum Gasteiger partial charge on any atom is 0.264 e. The molecule has 6 nitrogen and oxygen atoms in total. The van der Waals surface area contributed by atoms with E-state index in [2.05, 4.69) is 29.2 Å². The number of morpholine rings is 1.